The molecule has 0 aromatic carbocycles. The van der Waals surface area contributed by atoms with Crippen molar-refractivity contribution in [2.24, 2.45) is 0 Å². The maximum atomic E-state index is 8.72. The molecule has 0 aliphatic carbocycles. The van der Waals surface area contributed by atoms with Crippen molar-refractivity contribution < 1.29 is 0 Å². The van der Waals surface area contributed by atoms with Crippen molar-refractivity contribution in [3.05, 3.63) is 12.7 Å². The first-order valence-corrected chi connectivity index (χ1v) is 5.11. The summed E-state index contributed by atoms with van der Waals surface area (Å²) in [5.74, 6) is 0. The molecule has 0 aromatic heterocycles. The molecule has 0 aromatic rings. The van der Waals surface area contributed by atoms with E-state index in [0.29, 0.717) is 18.5 Å². The maximum Gasteiger partial charge on any atom is 0.0638 e. The van der Waals surface area contributed by atoms with E-state index < -0.39 is 0 Å². The van der Waals surface area contributed by atoms with Crippen LogP contribution in [0.2, 0.25) is 0 Å². The first-order chi connectivity index (χ1) is 6.69. The summed E-state index contributed by atoms with van der Waals surface area (Å²) >= 11 is 0. The average Bonchev–Trinajstić information content (AvgIpc) is 2.14. The highest BCUT2D eigenvalue weighted by atomic mass is 15.3. The Labute approximate surface area is 86.6 Å². The topological polar surface area (TPSA) is 30.3 Å². The van der Waals surface area contributed by atoms with Crippen molar-refractivity contribution in [2.75, 3.05) is 26.7 Å². The SMILES string of the molecule is C=CCN1CC(C)N(C)C(CC#N)C1. The van der Waals surface area contributed by atoms with Gasteiger partial charge in [-0.05, 0) is 14.0 Å². The van der Waals surface area contributed by atoms with Crippen LogP contribution in [0.3, 0.4) is 0 Å². The van der Waals surface area contributed by atoms with Gasteiger partial charge in [0, 0.05) is 31.7 Å². The minimum Gasteiger partial charge on any atom is -0.297 e. The zero-order valence-corrected chi connectivity index (χ0v) is 9.11. The van der Waals surface area contributed by atoms with Gasteiger partial charge in [0.2, 0.25) is 0 Å². The second-order valence-corrected chi connectivity index (χ2v) is 4.04. The zero-order chi connectivity index (χ0) is 10.6. The van der Waals surface area contributed by atoms with E-state index in [2.05, 4.69) is 36.4 Å². The van der Waals surface area contributed by atoms with Gasteiger partial charge in [0.1, 0.15) is 0 Å². The van der Waals surface area contributed by atoms with Crippen LogP contribution in [0, 0.1) is 11.3 Å². The number of nitrogens with zero attached hydrogens (tertiary/aromatic N) is 3. The van der Waals surface area contributed by atoms with Crippen LogP contribution >= 0.6 is 0 Å². The molecule has 1 fully saturated rings. The molecule has 78 valence electrons. The number of likely N-dealkylation sites (N-methyl/N-ethyl adjacent to an activating group) is 1. The Morgan fingerprint density at radius 2 is 2.29 bits per heavy atom. The van der Waals surface area contributed by atoms with Crippen LogP contribution in [0.4, 0.5) is 0 Å². The Morgan fingerprint density at radius 3 is 2.86 bits per heavy atom. The van der Waals surface area contributed by atoms with Crippen LogP contribution in [-0.4, -0.2) is 48.6 Å². The Bertz CT molecular complexity index is 231. The molecule has 0 amide bonds. The summed E-state index contributed by atoms with van der Waals surface area (Å²) in [6.45, 7) is 8.95. The van der Waals surface area contributed by atoms with Crippen LogP contribution in [0.15, 0.2) is 12.7 Å². The molecule has 1 aliphatic rings. The molecule has 0 spiro atoms. The van der Waals surface area contributed by atoms with E-state index in [-0.39, 0.29) is 0 Å². The Hall–Kier alpha value is -0.850. The molecular formula is C11H19N3. The first-order valence-electron chi connectivity index (χ1n) is 5.11. The second kappa shape index (κ2) is 5.14. The van der Waals surface area contributed by atoms with Gasteiger partial charge in [0.05, 0.1) is 12.5 Å². The minimum atomic E-state index is 0.378. The predicted molar refractivity (Wildman–Crippen MR) is 57.9 cm³/mol. The van der Waals surface area contributed by atoms with E-state index in [9.17, 15) is 0 Å². The molecule has 2 unspecified atom stereocenters. The van der Waals surface area contributed by atoms with Crippen molar-refractivity contribution in [1.29, 1.82) is 5.26 Å². The molecule has 3 heteroatoms. The fourth-order valence-electron chi connectivity index (χ4n) is 2.01. The molecule has 1 heterocycles. The summed E-state index contributed by atoms with van der Waals surface area (Å²) < 4.78 is 0. The van der Waals surface area contributed by atoms with Crippen molar-refractivity contribution in [2.45, 2.75) is 25.4 Å². The predicted octanol–water partition coefficient (Wildman–Crippen LogP) is 1.09. The van der Waals surface area contributed by atoms with E-state index in [1.54, 1.807) is 0 Å². The zero-order valence-electron chi connectivity index (χ0n) is 9.11. The van der Waals surface area contributed by atoms with Gasteiger partial charge in [-0.1, -0.05) is 6.08 Å². The molecule has 1 aliphatic heterocycles. The third-order valence-electron chi connectivity index (χ3n) is 2.98. The summed E-state index contributed by atoms with van der Waals surface area (Å²) in [6.07, 6.45) is 2.55. The van der Waals surface area contributed by atoms with Crippen molar-refractivity contribution >= 4 is 0 Å². The van der Waals surface area contributed by atoms with Crippen molar-refractivity contribution in [3.8, 4) is 6.07 Å². The largest absolute Gasteiger partial charge is 0.297 e. The first kappa shape index (κ1) is 11.2. The molecule has 1 saturated heterocycles. The Kier molecular flexibility index (Phi) is 4.12. The Balaban J connectivity index is 2.57. The summed E-state index contributed by atoms with van der Waals surface area (Å²) in [5.41, 5.74) is 0. The van der Waals surface area contributed by atoms with E-state index in [4.69, 9.17) is 5.26 Å². The van der Waals surface area contributed by atoms with E-state index in [1.807, 2.05) is 6.08 Å². The lowest BCUT2D eigenvalue weighted by Crippen LogP contribution is -2.55. The van der Waals surface area contributed by atoms with Crippen LogP contribution in [0.5, 0.6) is 0 Å². The van der Waals surface area contributed by atoms with Gasteiger partial charge in [0.15, 0.2) is 0 Å². The molecule has 2 atom stereocenters. The van der Waals surface area contributed by atoms with Gasteiger partial charge in [-0.15, -0.1) is 6.58 Å². The molecule has 1 rings (SSSR count). The number of hydrogen-bond acceptors (Lipinski definition) is 3. The lowest BCUT2D eigenvalue weighted by Gasteiger charge is -2.42. The van der Waals surface area contributed by atoms with Gasteiger partial charge in [-0.25, -0.2) is 0 Å². The Morgan fingerprint density at radius 1 is 1.57 bits per heavy atom. The molecule has 0 N–H and O–H groups in total. The summed E-state index contributed by atoms with van der Waals surface area (Å²) in [4.78, 5) is 4.67. The second-order valence-electron chi connectivity index (χ2n) is 4.04. The standard InChI is InChI=1S/C11H19N3/c1-4-7-14-8-10(2)13(3)11(9-14)5-6-12/h4,10-11H,1,5,7-9H2,2-3H3. The van der Waals surface area contributed by atoms with Crippen molar-refractivity contribution in [1.82, 2.24) is 9.80 Å². The molecule has 0 bridgehead atoms. The van der Waals surface area contributed by atoms with Gasteiger partial charge in [0.25, 0.3) is 0 Å². The van der Waals surface area contributed by atoms with Gasteiger partial charge in [-0.3, -0.25) is 9.80 Å². The minimum absolute atomic E-state index is 0.378. The molecular weight excluding hydrogens is 174 g/mol. The highest BCUT2D eigenvalue weighted by molar-refractivity contribution is 4.92. The summed E-state index contributed by atoms with van der Waals surface area (Å²) in [5, 5.41) is 8.72. The van der Waals surface area contributed by atoms with Crippen LogP contribution in [-0.2, 0) is 0 Å². The highest BCUT2D eigenvalue weighted by Gasteiger charge is 2.28. The van der Waals surface area contributed by atoms with E-state index in [1.165, 1.54) is 0 Å². The molecule has 0 saturated carbocycles. The highest BCUT2D eigenvalue weighted by Crippen LogP contribution is 2.15. The summed E-state index contributed by atoms with van der Waals surface area (Å²) in [7, 11) is 2.11. The van der Waals surface area contributed by atoms with Crippen LogP contribution in [0.25, 0.3) is 0 Å². The fraction of sp³-hybridized carbons (Fsp3) is 0.727. The quantitative estimate of drug-likeness (QED) is 0.629. The third kappa shape index (κ3) is 2.57. The van der Waals surface area contributed by atoms with Gasteiger partial charge in [-0.2, -0.15) is 5.26 Å². The maximum absolute atomic E-state index is 8.72. The normalized spacial score (nSPS) is 29.8. The monoisotopic (exact) mass is 193 g/mol. The lowest BCUT2D eigenvalue weighted by atomic mass is 10.1. The number of nitriles is 1. The third-order valence-corrected chi connectivity index (χ3v) is 2.98. The van der Waals surface area contributed by atoms with Crippen LogP contribution < -0.4 is 0 Å². The number of hydrogen-bond donors (Lipinski definition) is 0. The summed E-state index contributed by atoms with van der Waals surface area (Å²) in [6, 6.07) is 3.16. The van der Waals surface area contributed by atoms with E-state index in [0.717, 1.165) is 19.6 Å². The fourth-order valence-corrected chi connectivity index (χ4v) is 2.01. The lowest BCUT2D eigenvalue weighted by molar-refractivity contribution is 0.0605. The number of piperazine rings is 1. The molecule has 14 heavy (non-hydrogen) atoms. The van der Waals surface area contributed by atoms with Crippen molar-refractivity contribution in [3.63, 3.8) is 0 Å². The van der Waals surface area contributed by atoms with Gasteiger partial charge < -0.3 is 0 Å². The van der Waals surface area contributed by atoms with Crippen LogP contribution in [0.1, 0.15) is 13.3 Å². The molecule has 3 nitrogen and oxygen atoms in total. The average molecular weight is 193 g/mol. The number of rotatable bonds is 3. The molecule has 0 radical (unpaired) electrons. The van der Waals surface area contributed by atoms with E-state index >= 15 is 0 Å². The van der Waals surface area contributed by atoms with Gasteiger partial charge >= 0.3 is 0 Å². The smallest absolute Gasteiger partial charge is 0.0638 e.